The van der Waals surface area contributed by atoms with Gasteiger partial charge in [-0.15, -0.1) is 12.4 Å². The standard InChI is InChI=1S/C25H40N4O3.ClH/c1-16(2)14-21(26)25(32)29-12-10-20(11-13-29)23(30)28-22(17(3)4)24(31)27-15-19-8-6-18(5)7-9-19;/h6-9,16-17,20-22H,10-15,26H2,1-5H3,(H,27,31)(H,28,30);1H/t21-,22-;/m0./s1. The van der Waals surface area contributed by atoms with Gasteiger partial charge in [-0.2, -0.15) is 0 Å². The van der Waals surface area contributed by atoms with Gasteiger partial charge in [0.2, 0.25) is 17.7 Å². The topological polar surface area (TPSA) is 105 Å². The van der Waals surface area contributed by atoms with Gasteiger partial charge in [0.25, 0.3) is 0 Å². The molecule has 33 heavy (non-hydrogen) atoms. The number of carbonyl (C=O) groups excluding carboxylic acids is 3. The third-order valence-electron chi connectivity index (χ3n) is 6.05. The van der Waals surface area contributed by atoms with Crippen LogP contribution in [0.2, 0.25) is 0 Å². The molecule has 1 heterocycles. The smallest absolute Gasteiger partial charge is 0.243 e. The highest BCUT2D eigenvalue weighted by molar-refractivity contribution is 5.89. The molecule has 0 spiro atoms. The minimum atomic E-state index is -0.591. The minimum absolute atomic E-state index is 0. The molecule has 1 saturated heterocycles. The number of aryl methyl sites for hydroxylation is 1. The molecule has 186 valence electrons. The first-order valence-electron chi connectivity index (χ1n) is 11.8. The van der Waals surface area contributed by atoms with Crippen LogP contribution in [0, 0.1) is 24.7 Å². The van der Waals surface area contributed by atoms with Gasteiger partial charge in [-0.05, 0) is 43.6 Å². The number of carbonyl (C=O) groups is 3. The molecule has 1 aromatic carbocycles. The van der Waals surface area contributed by atoms with Crippen molar-refractivity contribution in [3.8, 4) is 0 Å². The molecular weight excluding hydrogens is 440 g/mol. The van der Waals surface area contributed by atoms with E-state index < -0.39 is 12.1 Å². The second-order valence-electron chi connectivity index (χ2n) is 9.77. The molecule has 4 N–H and O–H groups in total. The van der Waals surface area contributed by atoms with Gasteiger partial charge in [0, 0.05) is 25.6 Å². The number of nitrogens with two attached hydrogens (primary N) is 1. The second-order valence-corrected chi connectivity index (χ2v) is 9.77. The van der Waals surface area contributed by atoms with Crippen LogP contribution in [0.3, 0.4) is 0 Å². The van der Waals surface area contributed by atoms with Crippen molar-refractivity contribution >= 4 is 30.1 Å². The predicted octanol–water partition coefficient (Wildman–Crippen LogP) is 2.79. The van der Waals surface area contributed by atoms with E-state index in [0.717, 1.165) is 5.56 Å². The Balaban J connectivity index is 0.00000544. The molecule has 0 aliphatic carbocycles. The van der Waals surface area contributed by atoms with Crippen LogP contribution in [0.4, 0.5) is 0 Å². The number of rotatable bonds is 9. The van der Waals surface area contributed by atoms with E-state index in [1.54, 1.807) is 4.90 Å². The molecule has 7 nitrogen and oxygen atoms in total. The molecule has 1 aliphatic heterocycles. The van der Waals surface area contributed by atoms with Gasteiger partial charge in [0.05, 0.1) is 6.04 Å². The third-order valence-corrected chi connectivity index (χ3v) is 6.05. The maximum absolute atomic E-state index is 12.9. The number of halogens is 1. The van der Waals surface area contributed by atoms with E-state index >= 15 is 0 Å². The van der Waals surface area contributed by atoms with Gasteiger partial charge < -0.3 is 21.3 Å². The summed E-state index contributed by atoms with van der Waals surface area (Å²) in [6.07, 6.45) is 1.83. The van der Waals surface area contributed by atoms with Gasteiger partial charge in [-0.1, -0.05) is 57.5 Å². The Morgan fingerprint density at radius 2 is 1.64 bits per heavy atom. The molecule has 2 atom stereocenters. The third kappa shape index (κ3) is 8.97. The molecule has 0 bridgehead atoms. The molecule has 8 heteroatoms. The monoisotopic (exact) mass is 480 g/mol. The van der Waals surface area contributed by atoms with Gasteiger partial charge in [0.1, 0.15) is 6.04 Å². The fraction of sp³-hybridized carbons (Fsp3) is 0.640. The number of amides is 3. The summed E-state index contributed by atoms with van der Waals surface area (Å²) in [4.78, 5) is 39.9. The Morgan fingerprint density at radius 1 is 1.06 bits per heavy atom. The Labute approximate surface area is 204 Å². The summed E-state index contributed by atoms with van der Waals surface area (Å²) < 4.78 is 0. The van der Waals surface area contributed by atoms with Crippen molar-refractivity contribution in [2.45, 2.75) is 72.5 Å². The molecule has 1 fully saturated rings. The van der Waals surface area contributed by atoms with Crippen LogP contribution in [0.25, 0.3) is 0 Å². The SMILES string of the molecule is Cc1ccc(CNC(=O)[C@@H](NC(=O)C2CCN(C(=O)[C@@H](N)CC(C)C)CC2)C(C)C)cc1.Cl. The molecule has 1 aliphatic rings. The van der Waals surface area contributed by atoms with Crippen molar-refractivity contribution < 1.29 is 14.4 Å². The van der Waals surface area contributed by atoms with E-state index in [2.05, 4.69) is 10.6 Å². The van der Waals surface area contributed by atoms with Crippen LogP contribution in [0.15, 0.2) is 24.3 Å². The normalized spacial score (nSPS) is 16.2. The van der Waals surface area contributed by atoms with Crippen LogP contribution < -0.4 is 16.4 Å². The minimum Gasteiger partial charge on any atom is -0.350 e. The van der Waals surface area contributed by atoms with Crippen LogP contribution in [0.1, 0.15) is 58.1 Å². The summed E-state index contributed by atoms with van der Waals surface area (Å²) in [5.41, 5.74) is 8.23. The second kappa shape index (κ2) is 13.6. The van der Waals surface area contributed by atoms with Gasteiger partial charge >= 0.3 is 0 Å². The zero-order valence-corrected chi connectivity index (χ0v) is 21.4. The Kier molecular flexibility index (Phi) is 11.9. The van der Waals surface area contributed by atoms with Crippen LogP contribution in [0.5, 0.6) is 0 Å². The zero-order valence-electron chi connectivity index (χ0n) is 20.6. The lowest BCUT2D eigenvalue weighted by Crippen LogP contribution is -2.53. The Bertz CT molecular complexity index is 774. The van der Waals surface area contributed by atoms with Crippen molar-refractivity contribution in [1.29, 1.82) is 0 Å². The number of nitrogens with zero attached hydrogens (tertiary/aromatic N) is 1. The van der Waals surface area contributed by atoms with E-state index in [4.69, 9.17) is 5.73 Å². The average Bonchev–Trinajstić information content (AvgIpc) is 2.75. The van der Waals surface area contributed by atoms with E-state index in [-0.39, 0.29) is 42.0 Å². The van der Waals surface area contributed by atoms with E-state index in [9.17, 15) is 14.4 Å². The zero-order chi connectivity index (χ0) is 23.8. The van der Waals surface area contributed by atoms with Gasteiger partial charge in [-0.3, -0.25) is 14.4 Å². The maximum Gasteiger partial charge on any atom is 0.243 e. The largest absolute Gasteiger partial charge is 0.350 e. The maximum atomic E-state index is 12.9. The van der Waals surface area contributed by atoms with Gasteiger partial charge in [-0.25, -0.2) is 0 Å². The van der Waals surface area contributed by atoms with Crippen molar-refractivity contribution in [1.82, 2.24) is 15.5 Å². The van der Waals surface area contributed by atoms with Crippen LogP contribution in [-0.2, 0) is 20.9 Å². The molecule has 0 saturated carbocycles. The fourth-order valence-corrected chi connectivity index (χ4v) is 4.02. The number of piperidine rings is 1. The predicted molar refractivity (Wildman–Crippen MR) is 134 cm³/mol. The molecule has 1 aromatic rings. The Morgan fingerprint density at radius 3 is 2.15 bits per heavy atom. The highest BCUT2D eigenvalue weighted by Gasteiger charge is 2.32. The quantitative estimate of drug-likeness (QED) is 0.505. The lowest BCUT2D eigenvalue weighted by molar-refractivity contribution is -0.138. The summed E-state index contributed by atoms with van der Waals surface area (Å²) in [6.45, 7) is 11.4. The first-order chi connectivity index (χ1) is 15.1. The van der Waals surface area contributed by atoms with Crippen LogP contribution >= 0.6 is 12.4 Å². The van der Waals surface area contributed by atoms with Crippen molar-refractivity contribution in [2.24, 2.45) is 23.5 Å². The highest BCUT2D eigenvalue weighted by Crippen LogP contribution is 2.20. The van der Waals surface area contributed by atoms with E-state index in [1.807, 2.05) is 58.9 Å². The fourth-order valence-electron chi connectivity index (χ4n) is 4.02. The first kappa shape index (κ1) is 28.9. The Hall–Kier alpha value is -2.12. The molecule has 0 aromatic heterocycles. The number of hydrogen-bond donors (Lipinski definition) is 3. The summed E-state index contributed by atoms with van der Waals surface area (Å²) in [7, 11) is 0. The molecule has 0 unspecified atom stereocenters. The molecule has 2 rings (SSSR count). The summed E-state index contributed by atoms with van der Waals surface area (Å²) in [6, 6.07) is 6.92. The average molecular weight is 481 g/mol. The van der Waals surface area contributed by atoms with E-state index in [1.165, 1.54) is 5.56 Å². The number of hydrogen-bond acceptors (Lipinski definition) is 4. The lowest BCUT2D eigenvalue weighted by atomic mass is 9.93. The first-order valence-corrected chi connectivity index (χ1v) is 11.8. The summed E-state index contributed by atoms with van der Waals surface area (Å²) in [5, 5.41) is 5.88. The number of benzene rings is 1. The molecule has 0 radical (unpaired) electrons. The summed E-state index contributed by atoms with van der Waals surface area (Å²) >= 11 is 0. The molecule has 3 amide bonds. The summed E-state index contributed by atoms with van der Waals surface area (Å²) in [5.74, 6) is -0.205. The number of likely N-dealkylation sites (tertiary alicyclic amines) is 1. The lowest BCUT2D eigenvalue weighted by Gasteiger charge is -2.34. The van der Waals surface area contributed by atoms with Crippen molar-refractivity contribution in [2.75, 3.05) is 13.1 Å². The van der Waals surface area contributed by atoms with E-state index in [0.29, 0.717) is 44.8 Å². The van der Waals surface area contributed by atoms with Crippen molar-refractivity contribution in [3.05, 3.63) is 35.4 Å². The van der Waals surface area contributed by atoms with Gasteiger partial charge in [0.15, 0.2) is 0 Å². The van der Waals surface area contributed by atoms with Crippen LogP contribution in [-0.4, -0.2) is 47.8 Å². The molecular formula is C25H41ClN4O3. The highest BCUT2D eigenvalue weighted by atomic mass is 35.5. The van der Waals surface area contributed by atoms with Crippen molar-refractivity contribution in [3.63, 3.8) is 0 Å². The number of nitrogens with one attached hydrogen (secondary N) is 2.